The number of anilines is 1. The first-order valence-electron chi connectivity index (χ1n) is 11.5. The molecule has 206 valence electrons. The van der Waals surface area contributed by atoms with Crippen LogP contribution in [0.5, 0.6) is 5.75 Å². The van der Waals surface area contributed by atoms with E-state index in [-0.39, 0.29) is 48.2 Å². The Morgan fingerprint density at radius 3 is 2.62 bits per heavy atom. The fourth-order valence-electron chi connectivity index (χ4n) is 4.07. The minimum atomic E-state index is -4.91. The van der Waals surface area contributed by atoms with Crippen molar-refractivity contribution in [2.75, 3.05) is 44.3 Å². The van der Waals surface area contributed by atoms with Crippen LogP contribution in [-0.2, 0) is 21.3 Å². The Morgan fingerprint density at radius 1 is 1.27 bits per heavy atom. The topological polar surface area (TPSA) is 101 Å². The molecule has 1 aliphatic rings. The largest absolute Gasteiger partial charge is 0.491 e. The Balaban J connectivity index is 1.93. The number of alkyl halides is 3. The van der Waals surface area contributed by atoms with E-state index >= 15 is 0 Å². The van der Waals surface area contributed by atoms with E-state index in [0.717, 1.165) is 5.01 Å². The van der Waals surface area contributed by atoms with Crippen LogP contribution >= 0.6 is 11.3 Å². The van der Waals surface area contributed by atoms with Crippen molar-refractivity contribution in [3.8, 4) is 5.75 Å². The molecule has 3 rings (SSSR count). The number of sulfonamides is 1. The number of halogens is 3. The van der Waals surface area contributed by atoms with Gasteiger partial charge >= 0.3 is 6.18 Å². The van der Waals surface area contributed by atoms with E-state index in [9.17, 15) is 26.4 Å². The maximum Gasteiger partial charge on any atom is 0.404 e. The summed E-state index contributed by atoms with van der Waals surface area (Å²) in [6, 6.07) is 3.75. The summed E-state index contributed by atoms with van der Waals surface area (Å²) in [5.41, 5.74) is -0.146. The summed E-state index contributed by atoms with van der Waals surface area (Å²) in [5, 5.41) is 2.86. The van der Waals surface area contributed by atoms with E-state index in [1.807, 2.05) is 23.9 Å². The summed E-state index contributed by atoms with van der Waals surface area (Å²) < 4.78 is 75.6. The Labute approximate surface area is 218 Å². The predicted octanol–water partition coefficient (Wildman–Crippen LogP) is 3.45. The molecule has 2 heterocycles. The summed E-state index contributed by atoms with van der Waals surface area (Å²) in [6.07, 6.45) is -3.47. The number of nitrogens with zero attached hydrogens (tertiary/aromatic N) is 3. The average molecular weight is 565 g/mol. The first-order chi connectivity index (χ1) is 17.3. The second-order valence-corrected chi connectivity index (χ2v) is 11.8. The third-order valence-corrected chi connectivity index (χ3v) is 8.04. The number of hydrogen-bond donors (Lipinski definition) is 1. The van der Waals surface area contributed by atoms with Gasteiger partial charge in [-0.05, 0) is 31.0 Å². The third kappa shape index (κ3) is 8.28. The molecule has 0 saturated heterocycles. The third-order valence-electron chi connectivity index (χ3n) is 6.02. The van der Waals surface area contributed by atoms with Crippen LogP contribution in [0.15, 0.2) is 29.8 Å². The number of likely N-dealkylation sites (N-methyl/N-ethyl adjacent to an activating group) is 1. The zero-order chi connectivity index (χ0) is 27.4. The lowest BCUT2D eigenvalue weighted by Gasteiger charge is -2.35. The van der Waals surface area contributed by atoms with Gasteiger partial charge in [0.05, 0.1) is 18.2 Å². The van der Waals surface area contributed by atoms with Crippen LogP contribution in [0.1, 0.15) is 29.2 Å². The Morgan fingerprint density at radius 2 is 2.00 bits per heavy atom. The van der Waals surface area contributed by atoms with Gasteiger partial charge in [0, 0.05) is 50.6 Å². The van der Waals surface area contributed by atoms with Gasteiger partial charge < -0.3 is 14.4 Å². The second-order valence-electron chi connectivity index (χ2n) is 9.14. The standard InChI is InChI=1S/C23H31F3N4O5S2/c1-15-10-30(12-21-27-7-8-36-21)16(2)13-35-19-6-5-17(28-37(32,33)14-23(24,25)26)9-18(19)22(31)29(3)11-20(15)34-4/h5-9,15-16,20,28H,10-14H2,1-4H3/t15-,16-,20+/m0/s1. The van der Waals surface area contributed by atoms with E-state index in [4.69, 9.17) is 9.47 Å². The van der Waals surface area contributed by atoms with Crippen molar-refractivity contribution >= 4 is 33.0 Å². The maximum atomic E-state index is 13.3. The molecular weight excluding hydrogens is 533 g/mol. The van der Waals surface area contributed by atoms with Gasteiger partial charge in [-0.25, -0.2) is 13.4 Å². The summed E-state index contributed by atoms with van der Waals surface area (Å²) in [4.78, 5) is 21.4. The Hall–Kier alpha value is -2.42. The molecule has 0 aliphatic carbocycles. The SMILES string of the molecule is CO[C@@H]1CN(C)C(=O)c2cc(NS(=O)(=O)CC(F)(F)F)ccc2OC[C@H](C)N(Cc2nccs2)C[C@@H]1C. The van der Waals surface area contributed by atoms with Crippen LogP contribution in [0.4, 0.5) is 18.9 Å². The molecule has 1 aromatic heterocycles. The number of hydrogen-bond acceptors (Lipinski definition) is 8. The summed E-state index contributed by atoms with van der Waals surface area (Å²) in [5.74, 6) is -2.29. The van der Waals surface area contributed by atoms with Crippen LogP contribution in [-0.4, -0.2) is 87.0 Å². The second kappa shape index (κ2) is 12.0. The van der Waals surface area contributed by atoms with Gasteiger partial charge in [0.2, 0.25) is 10.0 Å². The summed E-state index contributed by atoms with van der Waals surface area (Å²) in [6.45, 7) is 5.73. The minimum absolute atomic E-state index is 0.0245. The first kappa shape index (κ1) is 29.1. The van der Waals surface area contributed by atoms with Gasteiger partial charge in [-0.3, -0.25) is 14.4 Å². The fourth-order valence-corrected chi connectivity index (χ4v) is 5.70. The molecular formula is C23H31F3N4O5S2. The number of rotatable bonds is 6. The molecule has 9 nitrogen and oxygen atoms in total. The molecule has 1 aromatic carbocycles. The van der Waals surface area contributed by atoms with Crippen molar-refractivity contribution in [3.63, 3.8) is 0 Å². The number of carbonyl (C=O) groups is 1. The number of nitrogens with one attached hydrogen (secondary N) is 1. The number of methoxy groups -OCH3 is 1. The highest BCUT2D eigenvalue weighted by Gasteiger charge is 2.35. The molecule has 0 fully saturated rings. The number of carbonyl (C=O) groups excluding carboxylic acids is 1. The van der Waals surface area contributed by atoms with E-state index in [1.165, 1.54) is 23.1 Å². The van der Waals surface area contributed by atoms with Gasteiger partial charge in [-0.15, -0.1) is 11.3 Å². The molecule has 37 heavy (non-hydrogen) atoms. The molecule has 1 amide bonds. The number of aromatic nitrogens is 1. The van der Waals surface area contributed by atoms with E-state index in [0.29, 0.717) is 13.1 Å². The summed E-state index contributed by atoms with van der Waals surface area (Å²) >= 11 is 1.55. The first-order valence-corrected chi connectivity index (χ1v) is 14.1. The normalized spacial score (nSPS) is 22.5. The van der Waals surface area contributed by atoms with Crippen LogP contribution in [0.2, 0.25) is 0 Å². The Kier molecular flexibility index (Phi) is 9.42. The molecule has 0 spiro atoms. The van der Waals surface area contributed by atoms with Crippen molar-refractivity contribution in [1.82, 2.24) is 14.8 Å². The summed E-state index contributed by atoms with van der Waals surface area (Å²) in [7, 11) is -1.57. The molecule has 2 aromatic rings. The average Bonchev–Trinajstić information content (AvgIpc) is 3.31. The highest BCUT2D eigenvalue weighted by Crippen LogP contribution is 2.28. The van der Waals surface area contributed by atoms with Crippen molar-refractivity contribution in [3.05, 3.63) is 40.3 Å². The molecule has 1 N–H and O–H groups in total. The highest BCUT2D eigenvalue weighted by molar-refractivity contribution is 7.92. The minimum Gasteiger partial charge on any atom is -0.491 e. The van der Waals surface area contributed by atoms with E-state index in [1.54, 1.807) is 31.7 Å². The van der Waals surface area contributed by atoms with Crippen molar-refractivity contribution in [2.45, 2.75) is 38.7 Å². The predicted molar refractivity (Wildman–Crippen MR) is 134 cm³/mol. The maximum absolute atomic E-state index is 13.3. The van der Waals surface area contributed by atoms with Crippen LogP contribution < -0.4 is 9.46 Å². The molecule has 0 saturated carbocycles. The zero-order valence-electron chi connectivity index (χ0n) is 21.0. The molecule has 0 unspecified atom stereocenters. The van der Waals surface area contributed by atoms with Gasteiger partial charge in [-0.2, -0.15) is 13.2 Å². The number of fused-ring (bicyclic) bond motifs is 1. The molecule has 3 atom stereocenters. The van der Waals surface area contributed by atoms with Crippen molar-refractivity contribution in [2.24, 2.45) is 5.92 Å². The lowest BCUT2D eigenvalue weighted by Crippen LogP contribution is -2.46. The highest BCUT2D eigenvalue weighted by atomic mass is 32.2. The van der Waals surface area contributed by atoms with Gasteiger partial charge in [0.25, 0.3) is 5.91 Å². The quantitative estimate of drug-likeness (QED) is 0.574. The van der Waals surface area contributed by atoms with Gasteiger partial charge in [0.15, 0.2) is 5.75 Å². The zero-order valence-corrected chi connectivity index (χ0v) is 22.6. The number of benzene rings is 1. The van der Waals surface area contributed by atoms with Gasteiger partial charge in [-0.1, -0.05) is 6.92 Å². The fraction of sp³-hybridized carbons (Fsp3) is 0.565. The van der Waals surface area contributed by atoms with Gasteiger partial charge in [0.1, 0.15) is 17.4 Å². The molecule has 14 heteroatoms. The van der Waals surface area contributed by atoms with E-state index < -0.39 is 27.9 Å². The lowest BCUT2D eigenvalue weighted by molar-refractivity contribution is -0.106. The van der Waals surface area contributed by atoms with Crippen LogP contribution in [0, 0.1) is 5.92 Å². The number of amides is 1. The lowest BCUT2D eigenvalue weighted by atomic mass is 10.0. The Bertz CT molecular complexity index is 1160. The van der Waals surface area contributed by atoms with E-state index in [2.05, 4.69) is 9.88 Å². The molecule has 0 radical (unpaired) electrons. The monoisotopic (exact) mass is 564 g/mol. The molecule has 0 bridgehead atoms. The van der Waals surface area contributed by atoms with Crippen molar-refractivity contribution < 1.29 is 35.9 Å². The van der Waals surface area contributed by atoms with Crippen molar-refractivity contribution in [1.29, 1.82) is 0 Å². The molecule has 1 aliphatic heterocycles. The van der Waals surface area contributed by atoms with Crippen LogP contribution in [0.3, 0.4) is 0 Å². The van der Waals surface area contributed by atoms with Crippen LogP contribution in [0.25, 0.3) is 0 Å². The number of ether oxygens (including phenoxy) is 2. The smallest absolute Gasteiger partial charge is 0.404 e. The number of thiazole rings is 1.